The Morgan fingerprint density at radius 1 is 1.02 bits per heavy atom. The highest BCUT2D eigenvalue weighted by atomic mass is 16.5. The van der Waals surface area contributed by atoms with Crippen molar-refractivity contribution in [2.75, 3.05) is 20.3 Å². The molecule has 0 fully saturated rings. The standard InChI is InChI=1S/C34H36N4O7/c1-5-10-25-17-24(13-15-27(25)44-20-23-11-8-7-9-12-23)19-35-38-30(39)21-45-28-16-14-26(18-29(28)42-4)32-31(33(40)43-6-2)22(3)36-34(41)37-32/h5,7-9,11-19,32H,1,6,10,20-21H2,2-4H3,(H,38,39)(H2,36,37,41)/b35-19-/t32-/m0/s1. The molecule has 3 N–H and O–H groups in total. The molecule has 45 heavy (non-hydrogen) atoms. The highest BCUT2D eigenvalue weighted by Crippen LogP contribution is 2.34. The Hall–Kier alpha value is -5.58. The molecule has 4 rings (SSSR count). The van der Waals surface area contributed by atoms with E-state index in [4.69, 9.17) is 18.9 Å². The number of allylic oxidation sites excluding steroid dienone is 2. The van der Waals surface area contributed by atoms with E-state index in [2.05, 4.69) is 27.7 Å². The van der Waals surface area contributed by atoms with Crippen molar-refractivity contribution in [3.8, 4) is 17.2 Å². The van der Waals surface area contributed by atoms with Crippen LogP contribution < -0.4 is 30.3 Å². The first kappa shape index (κ1) is 32.3. The molecule has 1 aliphatic rings. The van der Waals surface area contributed by atoms with E-state index in [1.165, 1.54) is 13.3 Å². The monoisotopic (exact) mass is 612 g/mol. The van der Waals surface area contributed by atoms with Gasteiger partial charge in [-0.2, -0.15) is 5.10 Å². The fraction of sp³-hybridized carbons (Fsp3) is 0.235. The maximum absolute atomic E-state index is 12.6. The molecule has 11 nitrogen and oxygen atoms in total. The molecule has 234 valence electrons. The Labute approximate surface area is 261 Å². The van der Waals surface area contributed by atoms with Crippen LogP contribution in [0.25, 0.3) is 0 Å². The smallest absolute Gasteiger partial charge is 0.338 e. The predicted octanol–water partition coefficient (Wildman–Crippen LogP) is 4.72. The maximum atomic E-state index is 12.6. The Kier molecular flexibility index (Phi) is 11.3. The SMILES string of the molecule is C=CCc1cc(/C=N\NC(=O)COc2ccc([C@@H]3NC(=O)NC(C)=C3C(=O)OCC)cc2OC)ccc1OCc1ccccc1. The minimum Gasteiger partial charge on any atom is -0.493 e. The van der Waals surface area contributed by atoms with Crippen LogP contribution in [0.4, 0.5) is 4.79 Å². The van der Waals surface area contributed by atoms with Gasteiger partial charge in [0.25, 0.3) is 5.91 Å². The van der Waals surface area contributed by atoms with Crippen LogP contribution in [0.5, 0.6) is 17.2 Å². The van der Waals surface area contributed by atoms with Gasteiger partial charge in [-0.25, -0.2) is 15.0 Å². The minimum absolute atomic E-state index is 0.186. The van der Waals surface area contributed by atoms with Crippen LogP contribution in [-0.4, -0.2) is 44.4 Å². The van der Waals surface area contributed by atoms with Gasteiger partial charge in [0, 0.05) is 5.70 Å². The molecule has 0 aliphatic carbocycles. The fourth-order valence-electron chi connectivity index (χ4n) is 4.63. The number of carbonyl (C=O) groups excluding carboxylic acids is 3. The number of nitrogens with zero attached hydrogens (tertiary/aromatic N) is 1. The van der Waals surface area contributed by atoms with Crippen molar-refractivity contribution in [2.45, 2.75) is 32.9 Å². The summed E-state index contributed by atoms with van der Waals surface area (Å²) in [5, 5.41) is 9.39. The Bertz CT molecular complexity index is 1600. The van der Waals surface area contributed by atoms with Crippen LogP contribution in [0.1, 0.15) is 42.1 Å². The zero-order valence-electron chi connectivity index (χ0n) is 25.4. The van der Waals surface area contributed by atoms with Crippen LogP contribution in [0, 0.1) is 0 Å². The fourth-order valence-corrected chi connectivity index (χ4v) is 4.63. The Morgan fingerprint density at radius 2 is 1.80 bits per heavy atom. The molecule has 1 aliphatic heterocycles. The number of urea groups is 1. The van der Waals surface area contributed by atoms with E-state index in [1.807, 2.05) is 48.5 Å². The molecule has 0 radical (unpaired) electrons. The topological polar surface area (TPSA) is 137 Å². The van der Waals surface area contributed by atoms with Crippen molar-refractivity contribution in [3.05, 3.63) is 113 Å². The van der Waals surface area contributed by atoms with Gasteiger partial charge in [-0.1, -0.05) is 42.5 Å². The molecule has 0 saturated carbocycles. The number of carbonyl (C=O) groups is 3. The summed E-state index contributed by atoms with van der Waals surface area (Å²) in [6.45, 7) is 7.46. The molecule has 0 unspecified atom stereocenters. The average molecular weight is 613 g/mol. The second kappa shape index (κ2) is 15.8. The van der Waals surface area contributed by atoms with E-state index >= 15 is 0 Å². The number of hydrazone groups is 1. The van der Waals surface area contributed by atoms with Crippen LogP contribution in [-0.2, 0) is 27.4 Å². The van der Waals surface area contributed by atoms with Crippen LogP contribution >= 0.6 is 0 Å². The Morgan fingerprint density at radius 3 is 2.53 bits per heavy atom. The Balaban J connectivity index is 1.36. The van der Waals surface area contributed by atoms with E-state index < -0.39 is 23.9 Å². The zero-order chi connectivity index (χ0) is 32.2. The second-order valence-electron chi connectivity index (χ2n) is 9.92. The number of methoxy groups -OCH3 is 1. The number of esters is 1. The number of hydrogen-bond donors (Lipinski definition) is 3. The molecule has 3 amide bonds. The lowest BCUT2D eigenvalue weighted by Gasteiger charge is -2.28. The molecule has 3 aromatic rings. The molecular weight excluding hydrogens is 576 g/mol. The first-order chi connectivity index (χ1) is 21.8. The van der Waals surface area contributed by atoms with Gasteiger partial charge in [-0.3, -0.25) is 4.79 Å². The summed E-state index contributed by atoms with van der Waals surface area (Å²) < 4.78 is 22.3. The van der Waals surface area contributed by atoms with Crippen LogP contribution in [0.2, 0.25) is 0 Å². The molecule has 1 heterocycles. The van der Waals surface area contributed by atoms with Gasteiger partial charge in [0.2, 0.25) is 0 Å². The normalized spacial score (nSPS) is 14.3. The highest BCUT2D eigenvalue weighted by molar-refractivity contribution is 5.95. The minimum atomic E-state index is -0.769. The number of hydrogen-bond acceptors (Lipinski definition) is 8. The van der Waals surface area contributed by atoms with Crippen LogP contribution in [0.3, 0.4) is 0 Å². The van der Waals surface area contributed by atoms with Crippen molar-refractivity contribution in [2.24, 2.45) is 5.10 Å². The van der Waals surface area contributed by atoms with Crippen molar-refractivity contribution in [3.63, 3.8) is 0 Å². The van der Waals surface area contributed by atoms with Gasteiger partial charge < -0.3 is 29.6 Å². The summed E-state index contributed by atoms with van der Waals surface area (Å²) in [5.41, 5.74) is 6.47. The van der Waals surface area contributed by atoms with Gasteiger partial charge in [0.1, 0.15) is 12.4 Å². The lowest BCUT2D eigenvalue weighted by molar-refractivity contribution is -0.139. The molecule has 0 saturated heterocycles. The molecular formula is C34H36N4O7. The number of ether oxygens (including phenoxy) is 4. The van der Waals surface area contributed by atoms with E-state index in [0.29, 0.717) is 35.8 Å². The largest absolute Gasteiger partial charge is 0.493 e. The van der Waals surface area contributed by atoms with E-state index in [1.54, 1.807) is 38.1 Å². The lowest BCUT2D eigenvalue weighted by atomic mass is 9.95. The van der Waals surface area contributed by atoms with E-state index in [-0.39, 0.29) is 18.8 Å². The summed E-state index contributed by atoms with van der Waals surface area (Å²) >= 11 is 0. The summed E-state index contributed by atoms with van der Waals surface area (Å²) in [5.74, 6) is 0.314. The third kappa shape index (κ3) is 8.73. The third-order valence-corrected chi connectivity index (χ3v) is 6.73. The van der Waals surface area contributed by atoms with Crippen molar-refractivity contribution in [1.29, 1.82) is 0 Å². The number of amides is 3. The van der Waals surface area contributed by atoms with Crippen molar-refractivity contribution < 1.29 is 33.3 Å². The predicted molar refractivity (Wildman–Crippen MR) is 169 cm³/mol. The molecule has 0 spiro atoms. The van der Waals surface area contributed by atoms with Gasteiger partial charge in [0.05, 0.1) is 31.5 Å². The molecule has 0 aromatic heterocycles. The highest BCUT2D eigenvalue weighted by Gasteiger charge is 2.32. The van der Waals surface area contributed by atoms with Gasteiger partial charge in [-0.05, 0) is 72.9 Å². The van der Waals surface area contributed by atoms with E-state index in [9.17, 15) is 14.4 Å². The number of rotatable bonds is 14. The second-order valence-corrected chi connectivity index (χ2v) is 9.92. The lowest BCUT2D eigenvalue weighted by Crippen LogP contribution is -2.45. The number of nitrogens with one attached hydrogen (secondary N) is 3. The van der Waals surface area contributed by atoms with E-state index in [0.717, 1.165) is 22.4 Å². The quantitative estimate of drug-likeness (QED) is 0.104. The zero-order valence-corrected chi connectivity index (χ0v) is 25.4. The van der Waals surface area contributed by atoms with Crippen LogP contribution in [0.15, 0.2) is 95.8 Å². The average Bonchev–Trinajstić information content (AvgIpc) is 3.03. The third-order valence-electron chi connectivity index (χ3n) is 6.73. The molecule has 3 aromatic carbocycles. The molecule has 11 heteroatoms. The summed E-state index contributed by atoms with van der Waals surface area (Å²) in [6.07, 6.45) is 3.94. The van der Waals surface area contributed by atoms with Crippen molar-refractivity contribution in [1.82, 2.24) is 16.1 Å². The summed E-state index contributed by atoms with van der Waals surface area (Å²) in [6, 6.07) is 19.2. The molecule has 1 atom stereocenters. The van der Waals surface area contributed by atoms with Gasteiger partial charge in [-0.15, -0.1) is 6.58 Å². The van der Waals surface area contributed by atoms with Crippen molar-refractivity contribution >= 4 is 24.1 Å². The first-order valence-electron chi connectivity index (χ1n) is 14.3. The summed E-state index contributed by atoms with van der Waals surface area (Å²) in [7, 11) is 1.45. The van der Waals surface area contributed by atoms with Gasteiger partial charge in [0.15, 0.2) is 18.1 Å². The van der Waals surface area contributed by atoms with Gasteiger partial charge >= 0.3 is 12.0 Å². The maximum Gasteiger partial charge on any atom is 0.338 e. The molecule has 0 bridgehead atoms. The number of benzene rings is 3. The summed E-state index contributed by atoms with van der Waals surface area (Å²) in [4.78, 5) is 37.3. The first-order valence-corrected chi connectivity index (χ1v) is 14.3.